The van der Waals surface area contributed by atoms with Crippen molar-refractivity contribution in [2.24, 2.45) is 0 Å². The Morgan fingerprint density at radius 3 is 1.43 bits per heavy atom. The molecule has 2 heterocycles. The molecule has 0 spiro atoms. The van der Waals surface area contributed by atoms with Crippen LogP contribution in [-0.2, 0) is 0 Å². The molecule has 3 aromatic rings. The molecular weight excluding hydrogens is 480 g/mol. The van der Waals surface area contributed by atoms with E-state index in [2.05, 4.69) is 0 Å². The SMILES string of the molecule is COc1cc(OC)c2c(c1)O[C@@H]1[C@H]2c2c(OC)cc(OC)cc2O[C@@H]1c1cc(OC)c(OC)c(OC)c1. The van der Waals surface area contributed by atoms with Crippen LogP contribution in [0.4, 0.5) is 0 Å². The molecule has 2 aliphatic heterocycles. The van der Waals surface area contributed by atoms with E-state index in [-0.39, 0.29) is 5.92 Å². The third-order valence-corrected chi connectivity index (χ3v) is 6.85. The Morgan fingerprint density at radius 1 is 0.514 bits per heavy atom. The molecule has 0 radical (unpaired) electrons. The maximum Gasteiger partial charge on any atom is 0.203 e. The number of rotatable bonds is 8. The van der Waals surface area contributed by atoms with E-state index in [1.807, 2.05) is 36.4 Å². The van der Waals surface area contributed by atoms with Crippen molar-refractivity contribution in [2.75, 3.05) is 49.8 Å². The lowest BCUT2D eigenvalue weighted by molar-refractivity contribution is 0.0410. The first kappa shape index (κ1) is 24.5. The maximum absolute atomic E-state index is 6.64. The number of fused-ring (bicyclic) bond motifs is 5. The van der Waals surface area contributed by atoms with Crippen molar-refractivity contribution in [1.29, 1.82) is 0 Å². The second kappa shape index (κ2) is 9.72. The second-order valence-electron chi connectivity index (χ2n) is 8.54. The van der Waals surface area contributed by atoms with Crippen molar-refractivity contribution in [3.8, 4) is 51.7 Å². The predicted molar refractivity (Wildman–Crippen MR) is 135 cm³/mol. The van der Waals surface area contributed by atoms with Crippen LogP contribution in [0.1, 0.15) is 28.7 Å². The molecule has 0 saturated carbocycles. The third kappa shape index (κ3) is 3.85. The first-order chi connectivity index (χ1) is 18.0. The first-order valence-corrected chi connectivity index (χ1v) is 11.7. The standard InChI is InChI=1S/C28H30O9/c1-29-15-10-17(31-3)23-19(12-15)36-26(14-8-21(33-5)27(35-7)22(9-14)34-6)28-25(23)24-18(32-4)11-16(30-2)13-20(24)37-28/h8-13,25-26,28H,1-7H3/t25-,26+,28+/m0/s1. The van der Waals surface area contributed by atoms with Crippen LogP contribution in [0.3, 0.4) is 0 Å². The molecule has 2 aliphatic rings. The van der Waals surface area contributed by atoms with Gasteiger partial charge in [0.05, 0.1) is 55.7 Å². The highest BCUT2D eigenvalue weighted by molar-refractivity contribution is 5.66. The first-order valence-electron chi connectivity index (χ1n) is 11.7. The minimum Gasteiger partial charge on any atom is -0.496 e. The smallest absolute Gasteiger partial charge is 0.203 e. The summed E-state index contributed by atoms with van der Waals surface area (Å²) in [5.41, 5.74) is 2.52. The molecule has 3 aromatic carbocycles. The second-order valence-corrected chi connectivity index (χ2v) is 8.54. The summed E-state index contributed by atoms with van der Waals surface area (Å²) in [6.45, 7) is 0. The number of hydrogen-bond donors (Lipinski definition) is 0. The molecule has 5 rings (SSSR count). The van der Waals surface area contributed by atoms with Gasteiger partial charge in [-0.1, -0.05) is 0 Å². The minimum absolute atomic E-state index is 0.274. The van der Waals surface area contributed by atoms with E-state index in [9.17, 15) is 0 Å². The van der Waals surface area contributed by atoms with E-state index in [1.54, 1.807) is 49.8 Å². The Bertz CT molecular complexity index is 1290. The van der Waals surface area contributed by atoms with Crippen LogP contribution < -0.4 is 42.6 Å². The van der Waals surface area contributed by atoms with Gasteiger partial charge in [0.1, 0.15) is 34.5 Å². The molecule has 37 heavy (non-hydrogen) atoms. The molecule has 0 bridgehead atoms. The summed E-state index contributed by atoms with van der Waals surface area (Å²) in [6, 6.07) is 11.1. The van der Waals surface area contributed by atoms with Crippen LogP contribution in [-0.4, -0.2) is 55.9 Å². The van der Waals surface area contributed by atoms with Crippen LogP contribution in [0.15, 0.2) is 36.4 Å². The van der Waals surface area contributed by atoms with Crippen molar-refractivity contribution in [2.45, 2.75) is 18.1 Å². The lowest BCUT2D eigenvalue weighted by Gasteiger charge is -2.36. The van der Waals surface area contributed by atoms with Crippen molar-refractivity contribution < 1.29 is 42.6 Å². The molecule has 0 amide bonds. The summed E-state index contributed by atoms with van der Waals surface area (Å²) in [6.07, 6.45) is -1.01. The van der Waals surface area contributed by atoms with Gasteiger partial charge in [-0.25, -0.2) is 0 Å². The van der Waals surface area contributed by atoms with Gasteiger partial charge in [0.25, 0.3) is 0 Å². The van der Waals surface area contributed by atoms with Crippen molar-refractivity contribution in [3.63, 3.8) is 0 Å². The Balaban J connectivity index is 1.76. The van der Waals surface area contributed by atoms with Crippen LogP contribution in [0.5, 0.6) is 51.7 Å². The highest BCUT2D eigenvalue weighted by Gasteiger charge is 2.50. The topological polar surface area (TPSA) is 83.1 Å². The summed E-state index contributed by atoms with van der Waals surface area (Å²) >= 11 is 0. The molecule has 0 saturated heterocycles. The maximum atomic E-state index is 6.64. The molecule has 3 atom stereocenters. The molecule has 196 valence electrons. The van der Waals surface area contributed by atoms with Gasteiger partial charge < -0.3 is 42.6 Å². The van der Waals surface area contributed by atoms with Gasteiger partial charge in [0.2, 0.25) is 5.75 Å². The van der Waals surface area contributed by atoms with Gasteiger partial charge in [-0.15, -0.1) is 0 Å². The lowest BCUT2D eigenvalue weighted by Crippen LogP contribution is -2.36. The van der Waals surface area contributed by atoms with Crippen molar-refractivity contribution in [1.82, 2.24) is 0 Å². The van der Waals surface area contributed by atoms with Gasteiger partial charge in [-0.3, -0.25) is 0 Å². The zero-order valence-corrected chi connectivity index (χ0v) is 21.9. The van der Waals surface area contributed by atoms with Gasteiger partial charge >= 0.3 is 0 Å². The summed E-state index contributed by atoms with van der Waals surface area (Å²) in [5.74, 6) is 5.03. The van der Waals surface area contributed by atoms with Gasteiger partial charge in [0.15, 0.2) is 23.7 Å². The quantitative estimate of drug-likeness (QED) is 0.425. The molecule has 0 N–H and O–H groups in total. The van der Waals surface area contributed by atoms with Gasteiger partial charge in [0, 0.05) is 41.0 Å². The lowest BCUT2D eigenvalue weighted by atomic mass is 9.80. The number of hydrogen-bond acceptors (Lipinski definition) is 9. The zero-order valence-electron chi connectivity index (χ0n) is 21.9. The average Bonchev–Trinajstić information content (AvgIpc) is 3.33. The zero-order chi connectivity index (χ0) is 26.3. The fourth-order valence-corrected chi connectivity index (χ4v) is 5.19. The van der Waals surface area contributed by atoms with E-state index in [0.717, 1.165) is 16.7 Å². The highest BCUT2D eigenvalue weighted by Crippen LogP contribution is 2.59. The van der Waals surface area contributed by atoms with Crippen molar-refractivity contribution >= 4 is 0 Å². The molecule has 0 aromatic heterocycles. The van der Waals surface area contributed by atoms with Crippen molar-refractivity contribution in [3.05, 3.63) is 53.1 Å². The Hall–Kier alpha value is -4.14. The summed E-state index contributed by atoms with van der Waals surface area (Å²) in [4.78, 5) is 0. The number of methoxy groups -OCH3 is 7. The molecule has 9 heteroatoms. The van der Waals surface area contributed by atoms with Crippen LogP contribution >= 0.6 is 0 Å². The van der Waals surface area contributed by atoms with Gasteiger partial charge in [-0.2, -0.15) is 0 Å². The van der Waals surface area contributed by atoms with Crippen LogP contribution in [0.25, 0.3) is 0 Å². The van der Waals surface area contributed by atoms with E-state index in [0.29, 0.717) is 51.7 Å². The third-order valence-electron chi connectivity index (χ3n) is 6.85. The average molecular weight is 511 g/mol. The molecule has 0 unspecified atom stereocenters. The van der Waals surface area contributed by atoms with E-state index in [4.69, 9.17) is 42.6 Å². The number of ether oxygens (including phenoxy) is 9. The van der Waals surface area contributed by atoms with E-state index >= 15 is 0 Å². The minimum atomic E-state index is -0.550. The largest absolute Gasteiger partial charge is 0.496 e. The van der Waals surface area contributed by atoms with Gasteiger partial charge in [-0.05, 0) is 12.1 Å². The Morgan fingerprint density at radius 2 is 1.00 bits per heavy atom. The van der Waals surface area contributed by atoms with Crippen LogP contribution in [0.2, 0.25) is 0 Å². The number of benzene rings is 3. The summed E-state index contributed by atoms with van der Waals surface area (Å²) < 4.78 is 52.6. The fourth-order valence-electron chi connectivity index (χ4n) is 5.19. The predicted octanol–water partition coefficient (Wildman–Crippen LogP) is 4.77. The highest BCUT2D eigenvalue weighted by atomic mass is 16.6. The normalized spacial score (nSPS) is 18.8. The van der Waals surface area contributed by atoms with E-state index < -0.39 is 12.2 Å². The molecular formula is C28H30O9. The summed E-state index contributed by atoms with van der Waals surface area (Å²) in [5, 5.41) is 0. The monoisotopic (exact) mass is 510 g/mol. The molecule has 0 fully saturated rings. The van der Waals surface area contributed by atoms with Crippen LogP contribution in [0, 0.1) is 0 Å². The fraction of sp³-hybridized carbons (Fsp3) is 0.357. The molecule has 9 nitrogen and oxygen atoms in total. The summed E-state index contributed by atoms with van der Waals surface area (Å²) in [7, 11) is 11.2. The van der Waals surface area contributed by atoms with E-state index in [1.165, 1.54) is 0 Å². The Labute approximate surface area is 215 Å². The molecule has 0 aliphatic carbocycles. The Kier molecular flexibility index (Phi) is 6.45.